The number of phenolic OH excluding ortho intramolecular Hbond substituents is 1. The second-order valence-electron chi connectivity index (χ2n) is 9.17. The van der Waals surface area contributed by atoms with E-state index < -0.39 is 16.1 Å². The van der Waals surface area contributed by atoms with E-state index in [1.807, 2.05) is 32.9 Å². The van der Waals surface area contributed by atoms with Crippen LogP contribution in [0.4, 0.5) is 0 Å². The van der Waals surface area contributed by atoms with E-state index in [1.165, 1.54) is 16.4 Å². The molecule has 1 fully saturated rings. The number of rotatable bonds is 7. The van der Waals surface area contributed by atoms with E-state index >= 15 is 0 Å². The molecule has 8 nitrogen and oxygen atoms in total. The van der Waals surface area contributed by atoms with Crippen molar-refractivity contribution in [3.63, 3.8) is 0 Å². The standard InChI is InChI=1S/C25H33N3O5S/c1-17(2)15-21(26-24(30)20-8-6-5-7-19(20)4)25(31)27-11-13-28(14-12-27)34(32,33)23-16-18(3)9-10-22(23)29/h5-10,16-17,21,29H,11-15H2,1-4H3,(H,26,30). The van der Waals surface area contributed by atoms with Crippen LogP contribution in [0.1, 0.15) is 41.8 Å². The number of carbonyl (C=O) groups excluding carboxylic acids is 2. The molecule has 3 rings (SSSR count). The topological polar surface area (TPSA) is 107 Å². The van der Waals surface area contributed by atoms with Crippen LogP contribution in [0.2, 0.25) is 0 Å². The lowest BCUT2D eigenvalue weighted by molar-refractivity contribution is -0.134. The van der Waals surface area contributed by atoms with Gasteiger partial charge in [-0.05, 0) is 55.5 Å². The number of aryl methyl sites for hydroxylation is 2. The fraction of sp³-hybridized carbons (Fsp3) is 0.440. The summed E-state index contributed by atoms with van der Waals surface area (Å²) in [5.74, 6) is -0.628. The first kappa shape index (κ1) is 25.7. The highest BCUT2D eigenvalue weighted by Crippen LogP contribution is 2.27. The molecule has 1 aliphatic rings. The zero-order chi connectivity index (χ0) is 25.0. The van der Waals surface area contributed by atoms with Crippen LogP contribution >= 0.6 is 0 Å². The minimum Gasteiger partial charge on any atom is -0.507 e. The van der Waals surface area contributed by atoms with Crippen molar-refractivity contribution in [1.82, 2.24) is 14.5 Å². The Kier molecular flexibility index (Phi) is 7.99. The maximum atomic E-state index is 13.3. The van der Waals surface area contributed by atoms with Crippen LogP contribution in [0.25, 0.3) is 0 Å². The van der Waals surface area contributed by atoms with Gasteiger partial charge < -0.3 is 15.3 Å². The first-order valence-corrected chi connectivity index (χ1v) is 12.9. The molecule has 0 saturated carbocycles. The molecule has 0 aliphatic carbocycles. The molecule has 2 aromatic carbocycles. The molecule has 0 spiro atoms. The van der Waals surface area contributed by atoms with Gasteiger partial charge in [0.25, 0.3) is 5.91 Å². The number of carbonyl (C=O) groups is 2. The molecule has 1 aliphatic heterocycles. The molecular formula is C25H33N3O5S. The summed E-state index contributed by atoms with van der Waals surface area (Å²) in [6.45, 7) is 8.22. The predicted octanol–water partition coefficient (Wildman–Crippen LogP) is 2.69. The number of aromatic hydroxyl groups is 1. The SMILES string of the molecule is Cc1ccc(O)c(S(=O)(=O)N2CCN(C(=O)C(CC(C)C)NC(=O)c3ccccc3C)CC2)c1. The van der Waals surface area contributed by atoms with E-state index in [0.29, 0.717) is 12.0 Å². The summed E-state index contributed by atoms with van der Waals surface area (Å²) in [6.07, 6.45) is 0.478. The summed E-state index contributed by atoms with van der Waals surface area (Å²) < 4.78 is 27.4. The Labute approximate surface area is 201 Å². The Morgan fingerprint density at radius 1 is 1.03 bits per heavy atom. The van der Waals surface area contributed by atoms with Gasteiger partial charge >= 0.3 is 0 Å². The molecule has 2 N–H and O–H groups in total. The lowest BCUT2D eigenvalue weighted by atomic mass is 10.0. The Morgan fingerprint density at radius 2 is 1.68 bits per heavy atom. The van der Waals surface area contributed by atoms with Crippen molar-refractivity contribution in [3.8, 4) is 5.75 Å². The summed E-state index contributed by atoms with van der Waals surface area (Å²) in [4.78, 5) is 27.6. The molecule has 2 amide bonds. The zero-order valence-electron chi connectivity index (χ0n) is 20.1. The Hall–Kier alpha value is -2.91. The minimum absolute atomic E-state index is 0.113. The van der Waals surface area contributed by atoms with E-state index in [9.17, 15) is 23.1 Å². The summed E-state index contributed by atoms with van der Waals surface area (Å²) in [5.41, 5.74) is 2.08. The fourth-order valence-electron chi connectivity index (χ4n) is 4.09. The Bertz CT molecular complexity index is 1150. The van der Waals surface area contributed by atoms with Crippen molar-refractivity contribution in [1.29, 1.82) is 0 Å². The number of piperazine rings is 1. The molecule has 1 atom stereocenters. The fourth-order valence-corrected chi connectivity index (χ4v) is 5.68. The van der Waals surface area contributed by atoms with Crippen molar-refractivity contribution < 1.29 is 23.1 Å². The number of amides is 2. The highest BCUT2D eigenvalue weighted by molar-refractivity contribution is 7.89. The van der Waals surface area contributed by atoms with Gasteiger partial charge in [-0.3, -0.25) is 9.59 Å². The van der Waals surface area contributed by atoms with Crippen LogP contribution in [0.5, 0.6) is 5.75 Å². The molecule has 1 saturated heterocycles. The summed E-state index contributed by atoms with van der Waals surface area (Å²) >= 11 is 0. The van der Waals surface area contributed by atoms with Gasteiger partial charge in [0.2, 0.25) is 15.9 Å². The zero-order valence-corrected chi connectivity index (χ0v) is 20.9. The molecular weight excluding hydrogens is 454 g/mol. The highest BCUT2D eigenvalue weighted by Gasteiger charge is 2.34. The van der Waals surface area contributed by atoms with Crippen LogP contribution < -0.4 is 5.32 Å². The number of sulfonamides is 1. The van der Waals surface area contributed by atoms with Crippen LogP contribution in [-0.4, -0.2) is 66.8 Å². The number of benzene rings is 2. The van der Waals surface area contributed by atoms with E-state index in [1.54, 1.807) is 30.0 Å². The third kappa shape index (κ3) is 5.77. The van der Waals surface area contributed by atoms with Gasteiger partial charge in [0.05, 0.1) is 0 Å². The predicted molar refractivity (Wildman–Crippen MR) is 130 cm³/mol. The largest absolute Gasteiger partial charge is 0.507 e. The second-order valence-corrected chi connectivity index (χ2v) is 11.1. The quantitative estimate of drug-likeness (QED) is 0.625. The number of nitrogens with one attached hydrogen (secondary N) is 1. The van der Waals surface area contributed by atoms with Crippen LogP contribution in [0.15, 0.2) is 47.4 Å². The van der Waals surface area contributed by atoms with E-state index in [2.05, 4.69) is 5.32 Å². The maximum absolute atomic E-state index is 13.3. The summed E-state index contributed by atoms with van der Waals surface area (Å²) in [6, 6.07) is 11.0. The average molecular weight is 488 g/mol. The first-order chi connectivity index (χ1) is 16.0. The van der Waals surface area contributed by atoms with E-state index in [4.69, 9.17) is 0 Å². The van der Waals surface area contributed by atoms with Gasteiger partial charge in [-0.1, -0.05) is 38.1 Å². The molecule has 1 heterocycles. The van der Waals surface area contributed by atoms with E-state index in [-0.39, 0.29) is 54.6 Å². The molecule has 0 radical (unpaired) electrons. The van der Waals surface area contributed by atoms with Crippen LogP contribution in [0, 0.1) is 19.8 Å². The van der Waals surface area contributed by atoms with E-state index in [0.717, 1.165) is 11.1 Å². The highest BCUT2D eigenvalue weighted by atomic mass is 32.2. The average Bonchev–Trinajstić information content (AvgIpc) is 2.79. The van der Waals surface area contributed by atoms with Crippen LogP contribution in [-0.2, 0) is 14.8 Å². The normalized spacial score (nSPS) is 15.9. The number of nitrogens with zero attached hydrogens (tertiary/aromatic N) is 2. The minimum atomic E-state index is -3.89. The van der Waals surface area contributed by atoms with Crippen LogP contribution in [0.3, 0.4) is 0 Å². The molecule has 184 valence electrons. The molecule has 34 heavy (non-hydrogen) atoms. The molecule has 0 bridgehead atoms. The van der Waals surface area contributed by atoms with Gasteiger partial charge in [-0.15, -0.1) is 0 Å². The van der Waals surface area contributed by atoms with Gasteiger partial charge in [0.15, 0.2) is 0 Å². The summed E-state index contributed by atoms with van der Waals surface area (Å²) in [7, 11) is -3.89. The van der Waals surface area contributed by atoms with Crippen molar-refractivity contribution in [2.75, 3.05) is 26.2 Å². The van der Waals surface area contributed by atoms with Gasteiger partial charge in [0, 0.05) is 31.7 Å². The Balaban J connectivity index is 1.70. The number of hydrogen-bond donors (Lipinski definition) is 2. The summed E-state index contributed by atoms with van der Waals surface area (Å²) in [5, 5.41) is 13.0. The van der Waals surface area contributed by atoms with Gasteiger partial charge in [-0.25, -0.2) is 8.42 Å². The van der Waals surface area contributed by atoms with Crippen molar-refractivity contribution in [3.05, 3.63) is 59.2 Å². The van der Waals surface area contributed by atoms with Crippen molar-refractivity contribution >= 4 is 21.8 Å². The molecule has 2 aromatic rings. The van der Waals surface area contributed by atoms with Gasteiger partial charge in [0.1, 0.15) is 16.7 Å². The maximum Gasteiger partial charge on any atom is 0.252 e. The third-order valence-corrected chi connectivity index (χ3v) is 7.91. The molecule has 1 unspecified atom stereocenters. The molecule has 9 heteroatoms. The lowest BCUT2D eigenvalue weighted by Gasteiger charge is -2.36. The van der Waals surface area contributed by atoms with Gasteiger partial charge in [-0.2, -0.15) is 4.31 Å². The van der Waals surface area contributed by atoms with Crippen molar-refractivity contribution in [2.45, 2.75) is 45.1 Å². The third-order valence-electron chi connectivity index (χ3n) is 5.98. The number of hydrogen-bond acceptors (Lipinski definition) is 5. The number of phenols is 1. The first-order valence-electron chi connectivity index (χ1n) is 11.5. The Morgan fingerprint density at radius 3 is 2.29 bits per heavy atom. The lowest BCUT2D eigenvalue weighted by Crippen LogP contribution is -2.56. The molecule has 0 aromatic heterocycles. The van der Waals surface area contributed by atoms with Crippen molar-refractivity contribution in [2.24, 2.45) is 5.92 Å². The smallest absolute Gasteiger partial charge is 0.252 e. The monoisotopic (exact) mass is 487 g/mol. The second kappa shape index (κ2) is 10.6.